The first-order chi connectivity index (χ1) is 6.90. The number of aldehydes is 1. The first kappa shape index (κ1) is 12.2. The fourth-order valence-corrected chi connectivity index (χ4v) is 1.91. The number of fused-ring (bicyclic) bond motifs is 1. The van der Waals surface area contributed by atoms with E-state index in [1.54, 1.807) is 0 Å². The smallest absolute Gasteiger partial charge is 0.120 e. The van der Waals surface area contributed by atoms with Gasteiger partial charge in [0.05, 0.1) is 0 Å². The van der Waals surface area contributed by atoms with Crippen LogP contribution in [-0.4, -0.2) is 12.8 Å². The third-order valence-electron chi connectivity index (χ3n) is 2.71. The van der Waals surface area contributed by atoms with Crippen LogP contribution in [0.4, 0.5) is 0 Å². The molecule has 0 amide bonds. The zero-order chi connectivity index (χ0) is 9.80. The Morgan fingerprint density at radius 3 is 3.00 bits per heavy atom. The number of rotatable bonds is 3. The Balaban J connectivity index is 0.00000112. The quantitative estimate of drug-likeness (QED) is 0.796. The van der Waals surface area contributed by atoms with Crippen LogP contribution in [0.15, 0.2) is 18.2 Å². The molecule has 0 fully saturated rings. The molecule has 82 valence electrons. The molecule has 2 nitrogen and oxygen atoms in total. The van der Waals surface area contributed by atoms with Crippen LogP contribution < -0.4 is 5.32 Å². The van der Waals surface area contributed by atoms with Crippen molar-refractivity contribution in [2.75, 3.05) is 6.54 Å². The minimum absolute atomic E-state index is 0. The number of carbonyl (C=O) groups is 1. The van der Waals surface area contributed by atoms with Gasteiger partial charge in [0.25, 0.3) is 0 Å². The number of halogens is 1. The van der Waals surface area contributed by atoms with E-state index >= 15 is 0 Å². The van der Waals surface area contributed by atoms with Gasteiger partial charge in [0.1, 0.15) is 6.29 Å². The molecule has 1 aromatic carbocycles. The molecule has 15 heavy (non-hydrogen) atoms. The van der Waals surface area contributed by atoms with Crippen LogP contribution in [0.5, 0.6) is 0 Å². The second-order valence-corrected chi connectivity index (χ2v) is 3.74. The molecule has 0 radical (unpaired) electrons. The van der Waals surface area contributed by atoms with E-state index in [2.05, 4.69) is 23.5 Å². The van der Waals surface area contributed by atoms with Crippen LogP contribution in [0.2, 0.25) is 0 Å². The van der Waals surface area contributed by atoms with Crippen LogP contribution >= 0.6 is 12.4 Å². The van der Waals surface area contributed by atoms with Crippen molar-refractivity contribution < 1.29 is 4.79 Å². The van der Waals surface area contributed by atoms with Gasteiger partial charge in [-0.05, 0) is 36.1 Å². The largest absolute Gasteiger partial charge is 0.312 e. The van der Waals surface area contributed by atoms with Crippen LogP contribution in [0.3, 0.4) is 0 Å². The van der Waals surface area contributed by atoms with Crippen molar-refractivity contribution in [2.24, 2.45) is 0 Å². The Bertz CT molecular complexity index is 338. The van der Waals surface area contributed by atoms with Gasteiger partial charge in [-0.3, -0.25) is 0 Å². The summed E-state index contributed by atoms with van der Waals surface area (Å²) in [6, 6.07) is 6.58. The molecule has 1 aromatic rings. The highest BCUT2D eigenvalue weighted by Gasteiger charge is 2.08. The zero-order valence-corrected chi connectivity index (χ0v) is 9.48. The third kappa shape index (κ3) is 3.05. The lowest BCUT2D eigenvalue weighted by Crippen LogP contribution is -2.23. The predicted octanol–water partition coefficient (Wildman–Crippen LogP) is 1.89. The number of nitrogens with one attached hydrogen (secondary N) is 1. The van der Waals surface area contributed by atoms with Gasteiger partial charge in [-0.15, -0.1) is 12.4 Å². The first-order valence-corrected chi connectivity index (χ1v) is 5.15. The second-order valence-electron chi connectivity index (χ2n) is 3.74. The molecule has 0 aromatic heterocycles. The SMILES string of the molecule is Cl.O=CCCc1ccc2c(c1)CNCC2. The highest BCUT2D eigenvalue weighted by Crippen LogP contribution is 2.16. The monoisotopic (exact) mass is 225 g/mol. The molecule has 1 heterocycles. The maximum Gasteiger partial charge on any atom is 0.120 e. The van der Waals surface area contributed by atoms with Gasteiger partial charge in [0.15, 0.2) is 0 Å². The average molecular weight is 226 g/mol. The lowest BCUT2D eigenvalue weighted by atomic mass is 9.97. The fourth-order valence-electron chi connectivity index (χ4n) is 1.91. The standard InChI is InChI=1S/C12H15NO.ClH/c14-7-1-2-10-3-4-11-5-6-13-9-12(11)8-10;/h3-4,7-8,13H,1-2,5-6,9H2;1H. The van der Waals surface area contributed by atoms with E-state index in [-0.39, 0.29) is 12.4 Å². The van der Waals surface area contributed by atoms with Crippen LogP contribution in [0, 0.1) is 0 Å². The lowest BCUT2D eigenvalue weighted by molar-refractivity contribution is -0.107. The van der Waals surface area contributed by atoms with Crippen molar-refractivity contribution in [3.63, 3.8) is 0 Å². The summed E-state index contributed by atoms with van der Waals surface area (Å²) in [5, 5.41) is 3.35. The molecule has 0 spiro atoms. The Morgan fingerprint density at radius 2 is 2.20 bits per heavy atom. The Labute approximate surface area is 96.5 Å². The van der Waals surface area contributed by atoms with Crippen LogP contribution in [0.1, 0.15) is 23.1 Å². The number of hydrogen-bond acceptors (Lipinski definition) is 2. The van der Waals surface area contributed by atoms with Crippen LogP contribution in [0.25, 0.3) is 0 Å². The molecule has 1 aliphatic heterocycles. The second kappa shape index (κ2) is 5.89. The van der Waals surface area contributed by atoms with E-state index in [9.17, 15) is 4.79 Å². The minimum Gasteiger partial charge on any atom is -0.312 e. The number of benzene rings is 1. The van der Waals surface area contributed by atoms with Crippen molar-refractivity contribution in [1.29, 1.82) is 0 Å². The highest BCUT2D eigenvalue weighted by molar-refractivity contribution is 5.85. The summed E-state index contributed by atoms with van der Waals surface area (Å²) < 4.78 is 0. The van der Waals surface area contributed by atoms with Crippen molar-refractivity contribution in [2.45, 2.75) is 25.8 Å². The maximum atomic E-state index is 10.3. The lowest BCUT2D eigenvalue weighted by Gasteiger charge is -2.17. The molecule has 3 heteroatoms. The summed E-state index contributed by atoms with van der Waals surface area (Å²) in [4.78, 5) is 10.3. The van der Waals surface area contributed by atoms with Gasteiger partial charge in [-0.25, -0.2) is 0 Å². The van der Waals surface area contributed by atoms with Gasteiger partial charge < -0.3 is 10.1 Å². The summed E-state index contributed by atoms with van der Waals surface area (Å²) in [6.07, 6.45) is 3.62. The molecule has 1 N–H and O–H groups in total. The minimum atomic E-state index is 0. The Kier molecular flexibility index (Phi) is 4.79. The highest BCUT2D eigenvalue weighted by atomic mass is 35.5. The molecule has 0 unspecified atom stereocenters. The molecule has 2 rings (SSSR count). The Morgan fingerprint density at radius 1 is 1.33 bits per heavy atom. The van der Waals surface area contributed by atoms with Gasteiger partial charge in [0.2, 0.25) is 0 Å². The van der Waals surface area contributed by atoms with E-state index in [0.29, 0.717) is 6.42 Å². The van der Waals surface area contributed by atoms with Crippen molar-refractivity contribution in [3.05, 3.63) is 34.9 Å². The number of carbonyl (C=O) groups excluding carboxylic acids is 1. The molecule has 0 saturated carbocycles. The van der Waals surface area contributed by atoms with E-state index < -0.39 is 0 Å². The number of aryl methyl sites for hydroxylation is 1. The van der Waals surface area contributed by atoms with E-state index in [1.807, 2.05) is 0 Å². The summed E-state index contributed by atoms with van der Waals surface area (Å²) in [7, 11) is 0. The van der Waals surface area contributed by atoms with Crippen molar-refractivity contribution in [1.82, 2.24) is 5.32 Å². The molecular weight excluding hydrogens is 210 g/mol. The Hall–Kier alpha value is -0.860. The van der Waals surface area contributed by atoms with Gasteiger partial charge in [0, 0.05) is 13.0 Å². The van der Waals surface area contributed by atoms with Gasteiger partial charge in [-0.2, -0.15) is 0 Å². The topological polar surface area (TPSA) is 29.1 Å². The normalized spacial score (nSPS) is 13.9. The summed E-state index contributed by atoms with van der Waals surface area (Å²) in [5.74, 6) is 0. The zero-order valence-electron chi connectivity index (χ0n) is 8.66. The van der Waals surface area contributed by atoms with Crippen LogP contribution in [-0.2, 0) is 24.2 Å². The number of hydrogen-bond donors (Lipinski definition) is 1. The maximum absolute atomic E-state index is 10.3. The molecule has 0 bridgehead atoms. The molecule has 0 atom stereocenters. The summed E-state index contributed by atoms with van der Waals surface area (Å²) >= 11 is 0. The molecular formula is C12H16ClNO. The summed E-state index contributed by atoms with van der Waals surface area (Å²) in [5.41, 5.74) is 4.14. The van der Waals surface area contributed by atoms with Gasteiger partial charge in [-0.1, -0.05) is 18.2 Å². The average Bonchev–Trinajstić information content (AvgIpc) is 2.26. The molecule has 0 saturated heterocycles. The van der Waals surface area contributed by atoms with Gasteiger partial charge >= 0.3 is 0 Å². The molecule has 0 aliphatic carbocycles. The molecule has 1 aliphatic rings. The third-order valence-corrected chi connectivity index (χ3v) is 2.71. The van der Waals surface area contributed by atoms with Crippen molar-refractivity contribution in [3.8, 4) is 0 Å². The summed E-state index contributed by atoms with van der Waals surface area (Å²) in [6.45, 7) is 2.06. The van der Waals surface area contributed by atoms with E-state index in [1.165, 1.54) is 16.7 Å². The van der Waals surface area contributed by atoms with E-state index in [4.69, 9.17) is 0 Å². The van der Waals surface area contributed by atoms with Crippen molar-refractivity contribution >= 4 is 18.7 Å². The van der Waals surface area contributed by atoms with E-state index in [0.717, 1.165) is 32.2 Å². The first-order valence-electron chi connectivity index (χ1n) is 5.15. The predicted molar refractivity (Wildman–Crippen MR) is 63.5 cm³/mol. The fraction of sp³-hybridized carbons (Fsp3) is 0.417.